The topological polar surface area (TPSA) is 64.7 Å². The largest absolute Gasteiger partial charge is 0.435 e. The number of carbonyl (C=O) groups excluding carboxylic acids is 1. The van der Waals surface area contributed by atoms with Gasteiger partial charge in [0, 0.05) is 29.9 Å². The highest BCUT2D eigenvalue weighted by atomic mass is 19.4. The van der Waals surface area contributed by atoms with E-state index in [1.165, 1.54) is 4.68 Å². The van der Waals surface area contributed by atoms with Gasteiger partial charge in [-0.05, 0) is 39.7 Å². The average molecular weight is 369 g/mol. The quantitative estimate of drug-likeness (QED) is 0.851. The third kappa shape index (κ3) is 3.91. The lowest BCUT2D eigenvalue weighted by Crippen LogP contribution is -2.31. The minimum atomic E-state index is -4.51. The van der Waals surface area contributed by atoms with Crippen molar-refractivity contribution in [3.05, 3.63) is 34.9 Å². The molecular formula is C17H22F3N5O. The van der Waals surface area contributed by atoms with Crippen LogP contribution in [-0.4, -0.2) is 25.5 Å². The lowest BCUT2D eigenvalue weighted by atomic mass is 10.1. The molecule has 0 aliphatic heterocycles. The number of aromatic nitrogens is 4. The van der Waals surface area contributed by atoms with E-state index >= 15 is 0 Å². The summed E-state index contributed by atoms with van der Waals surface area (Å²) in [6.07, 6.45) is -0.983. The van der Waals surface area contributed by atoms with E-state index in [4.69, 9.17) is 0 Å². The number of halogens is 3. The fourth-order valence-electron chi connectivity index (χ4n) is 3.03. The molecule has 1 aliphatic rings. The average Bonchev–Trinajstić information content (AvgIpc) is 3.18. The van der Waals surface area contributed by atoms with E-state index in [0.717, 1.165) is 36.7 Å². The maximum Gasteiger partial charge on any atom is 0.435 e. The van der Waals surface area contributed by atoms with Crippen molar-refractivity contribution in [1.82, 2.24) is 24.9 Å². The van der Waals surface area contributed by atoms with Gasteiger partial charge in [-0.25, -0.2) is 0 Å². The van der Waals surface area contributed by atoms with Crippen molar-refractivity contribution in [2.24, 2.45) is 0 Å². The molecule has 2 aromatic rings. The van der Waals surface area contributed by atoms with E-state index in [1.54, 1.807) is 4.68 Å². The van der Waals surface area contributed by atoms with Gasteiger partial charge in [0.05, 0.1) is 11.7 Å². The first-order valence-electron chi connectivity index (χ1n) is 8.67. The van der Waals surface area contributed by atoms with Gasteiger partial charge in [-0.1, -0.05) is 0 Å². The first-order chi connectivity index (χ1) is 12.2. The molecule has 0 radical (unpaired) electrons. The van der Waals surface area contributed by atoms with E-state index in [-0.39, 0.29) is 24.4 Å². The molecule has 0 spiro atoms. The molecule has 1 amide bonds. The van der Waals surface area contributed by atoms with Gasteiger partial charge in [0.1, 0.15) is 6.54 Å². The van der Waals surface area contributed by atoms with E-state index in [1.807, 2.05) is 27.0 Å². The van der Waals surface area contributed by atoms with Gasteiger partial charge in [-0.3, -0.25) is 14.2 Å². The molecule has 0 bridgehead atoms. The number of alkyl halides is 3. The Kier molecular flexibility index (Phi) is 4.81. The van der Waals surface area contributed by atoms with Gasteiger partial charge < -0.3 is 5.32 Å². The van der Waals surface area contributed by atoms with Crippen LogP contribution in [0.15, 0.2) is 12.3 Å². The highest BCUT2D eigenvalue weighted by Gasteiger charge is 2.38. The molecule has 6 nitrogen and oxygen atoms in total. The van der Waals surface area contributed by atoms with Crippen LogP contribution >= 0.6 is 0 Å². The Morgan fingerprint density at radius 2 is 2.08 bits per heavy atom. The Labute approximate surface area is 149 Å². The molecule has 1 aliphatic carbocycles. The third-order valence-corrected chi connectivity index (χ3v) is 4.54. The van der Waals surface area contributed by atoms with Crippen molar-refractivity contribution in [2.45, 2.75) is 64.8 Å². The van der Waals surface area contributed by atoms with Crippen LogP contribution < -0.4 is 5.32 Å². The maximum atomic E-state index is 12.9. The lowest BCUT2D eigenvalue weighted by molar-refractivity contribution is -0.141. The lowest BCUT2D eigenvalue weighted by Gasteiger charge is -2.14. The minimum Gasteiger partial charge on any atom is -0.348 e. The molecule has 9 heteroatoms. The molecule has 1 saturated carbocycles. The molecule has 1 fully saturated rings. The zero-order chi connectivity index (χ0) is 19.1. The number of hydrogen-bond acceptors (Lipinski definition) is 3. The monoisotopic (exact) mass is 369 g/mol. The van der Waals surface area contributed by atoms with Gasteiger partial charge in [0.15, 0.2) is 5.69 Å². The Morgan fingerprint density at radius 1 is 1.38 bits per heavy atom. The van der Waals surface area contributed by atoms with Gasteiger partial charge in [0.2, 0.25) is 5.91 Å². The summed E-state index contributed by atoms with van der Waals surface area (Å²) < 4.78 is 41.8. The van der Waals surface area contributed by atoms with Crippen molar-refractivity contribution in [3.63, 3.8) is 0 Å². The second-order valence-electron chi connectivity index (χ2n) is 6.70. The first-order valence-corrected chi connectivity index (χ1v) is 8.67. The molecule has 1 N–H and O–H groups in total. The van der Waals surface area contributed by atoms with E-state index in [9.17, 15) is 18.0 Å². The molecule has 0 saturated heterocycles. The summed E-state index contributed by atoms with van der Waals surface area (Å²) in [5.41, 5.74) is 1.24. The van der Waals surface area contributed by atoms with Crippen LogP contribution in [0.1, 0.15) is 61.3 Å². The molecule has 2 heterocycles. The summed E-state index contributed by atoms with van der Waals surface area (Å²) in [6, 6.07) is 0.772. The van der Waals surface area contributed by atoms with Crippen LogP contribution in [0.4, 0.5) is 13.2 Å². The van der Waals surface area contributed by atoms with Crippen LogP contribution in [0.5, 0.6) is 0 Å². The molecule has 3 rings (SSSR count). The van der Waals surface area contributed by atoms with E-state index < -0.39 is 11.9 Å². The van der Waals surface area contributed by atoms with Gasteiger partial charge >= 0.3 is 6.18 Å². The molecule has 1 unspecified atom stereocenters. The molecule has 1 atom stereocenters. The Morgan fingerprint density at radius 3 is 2.62 bits per heavy atom. The number of carbonyl (C=O) groups is 1. The smallest absolute Gasteiger partial charge is 0.348 e. The number of nitrogens with zero attached hydrogens (tertiary/aromatic N) is 4. The summed E-state index contributed by atoms with van der Waals surface area (Å²) in [4.78, 5) is 12.4. The van der Waals surface area contributed by atoms with Gasteiger partial charge in [-0.15, -0.1) is 0 Å². The van der Waals surface area contributed by atoms with Gasteiger partial charge in [0.25, 0.3) is 0 Å². The first kappa shape index (κ1) is 18.5. The molecule has 2 aromatic heterocycles. The second-order valence-corrected chi connectivity index (χ2v) is 6.70. The van der Waals surface area contributed by atoms with Crippen molar-refractivity contribution < 1.29 is 18.0 Å². The maximum absolute atomic E-state index is 12.9. The fraction of sp³-hybridized carbons (Fsp3) is 0.588. The highest BCUT2D eigenvalue weighted by molar-refractivity contribution is 5.76. The predicted octanol–water partition coefficient (Wildman–Crippen LogP) is 3.18. The molecule has 26 heavy (non-hydrogen) atoms. The van der Waals surface area contributed by atoms with Crippen LogP contribution in [0.25, 0.3) is 0 Å². The number of hydrogen-bond donors (Lipinski definition) is 1. The predicted molar refractivity (Wildman–Crippen MR) is 88.4 cm³/mol. The second kappa shape index (κ2) is 6.77. The molecule has 142 valence electrons. The number of aryl methyl sites for hydroxylation is 2. The fourth-order valence-corrected chi connectivity index (χ4v) is 3.03. The van der Waals surface area contributed by atoms with Crippen molar-refractivity contribution in [1.29, 1.82) is 0 Å². The summed E-state index contributed by atoms with van der Waals surface area (Å²) in [7, 11) is 0. The van der Waals surface area contributed by atoms with Gasteiger partial charge in [-0.2, -0.15) is 23.4 Å². The third-order valence-electron chi connectivity index (χ3n) is 4.54. The van der Waals surface area contributed by atoms with Crippen LogP contribution in [0.2, 0.25) is 0 Å². The van der Waals surface area contributed by atoms with Crippen molar-refractivity contribution in [2.75, 3.05) is 0 Å². The van der Waals surface area contributed by atoms with E-state index in [0.29, 0.717) is 5.69 Å². The Balaban J connectivity index is 1.71. The Hall–Kier alpha value is -2.32. The Bertz CT molecular complexity index is 804. The van der Waals surface area contributed by atoms with E-state index in [2.05, 4.69) is 15.5 Å². The SMILES string of the molecule is CCn1cc(C(C)NC(=O)Cn2nc(C(F)(F)F)cc2C2CC2)c(C)n1. The molecular weight excluding hydrogens is 347 g/mol. The summed E-state index contributed by atoms with van der Waals surface area (Å²) in [5, 5.41) is 10.8. The van der Waals surface area contributed by atoms with Crippen molar-refractivity contribution >= 4 is 5.91 Å². The number of amides is 1. The standard InChI is InChI=1S/C17H22F3N5O/c1-4-24-8-13(11(3)22-24)10(2)21-16(26)9-25-14(12-5-6-12)7-15(23-25)17(18,19)20/h7-8,10,12H,4-6,9H2,1-3H3,(H,21,26). The summed E-state index contributed by atoms with van der Waals surface area (Å²) in [6.45, 7) is 6.15. The number of rotatable bonds is 6. The zero-order valence-corrected chi connectivity index (χ0v) is 15.0. The van der Waals surface area contributed by atoms with Crippen LogP contribution in [0, 0.1) is 6.92 Å². The van der Waals surface area contributed by atoms with Crippen LogP contribution in [-0.2, 0) is 24.1 Å². The van der Waals surface area contributed by atoms with Crippen LogP contribution in [0.3, 0.4) is 0 Å². The minimum absolute atomic E-state index is 0.0638. The summed E-state index contributed by atoms with van der Waals surface area (Å²) in [5.74, 6) is -0.311. The normalized spacial score (nSPS) is 15.9. The van der Waals surface area contributed by atoms with Crippen molar-refractivity contribution in [3.8, 4) is 0 Å². The highest BCUT2D eigenvalue weighted by Crippen LogP contribution is 2.42. The number of nitrogens with one attached hydrogen (secondary N) is 1. The molecule has 0 aromatic carbocycles. The zero-order valence-electron chi connectivity index (χ0n) is 15.0. The summed E-state index contributed by atoms with van der Waals surface area (Å²) >= 11 is 0.